The number of ether oxygens (including phenoxy) is 2. The van der Waals surface area contributed by atoms with Crippen LogP contribution in [0.4, 0.5) is 0 Å². The molecule has 0 aliphatic heterocycles. The summed E-state index contributed by atoms with van der Waals surface area (Å²) in [7, 11) is 3.31. The van der Waals surface area contributed by atoms with Gasteiger partial charge in [0.2, 0.25) is 0 Å². The lowest BCUT2D eigenvalue weighted by Gasteiger charge is -2.27. The van der Waals surface area contributed by atoms with Crippen molar-refractivity contribution < 1.29 is 14.5 Å². The predicted molar refractivity (Wildman–Crippen MR) is 78.9 cm³/mol. The average Bonchev–Trinajstić information content (AvgIpc) is 2.94. The molecule has 0 spiro atoms. The Labute approximate surface area is 120 Å². The van der Waals surface area contributed by atoms with Crippen molar-refractivity contribution in [2.45, 2.75) is 31.1 Å². The summed E-state index contributed by atoms with van der Waals surface area (Å²) in [5, 5.41) is 0. The second-order valence-electron chi connectivity index (χ2n) is 5.37. The van der Waals surface area contributed by atoms with Crippen LogP contribution >= 0.6 is 0 Å². The fraction of sp³-hybridized carbons (Fsp3) is 0.533. The summed E-state index contributed by atoms with van der Waals surface area (Å²) in [4.78, 5) is 3.09. The lowest BCUT2D eigenvalue weighted by Crippen LogP contribution is -2.81. The summed E-state index contributed by atoms with van der Waals surface area (Å²) >= 11 is 0. The summed E-state index contributed by atoms with van der Waals surface area (Å²) in [6.45, 7) is 0.755. The first-order chi connectivity index (χ1) is 9.61. The lowest BCUT2D eigenvalue weighted by atomic mass is 9.79. The van der Waals surface area contributed by atoms with E-state index in [0.717, 1.165) is 30.9 Å². The molecule has 1 aliphatic carbocycles. The number of guanidine groups is 1. The van der Waals surface area contributed by atoms with E-state index in [2.05, 4.69) is 17.1 Å². The zero-order chi connectivity index (χ0) is 14.6. The Balaban J connectivity index is 2.36. The third-order valence-electron chi connectivity index (χ3n) is 4.19. The summed E-state index contributed by atoms with van der Waals surface area (Å²) in [6.07, 6.45) is 4.70. The van der Waals surface area contributed by atoms with E-state index in [1.165, 1.54) is 18.4 Å². The zero-order valence-corrected chi connectivity index (χ0v) is 12.2. The highest BCUT2D eigenvalue weighted by molar-refractivity contribution is 5.69. The van der Waals surface area contributed by atoms with E-state index in [-0.39, 0.29) is 11.4 Å². The second kappa shape index (κ2) is 6.03. The van der Waals surface area contributed by atoms with Gasteiger partial charge in [-0.1, -0.05) is 18.9 Å². The van der Waals surface area contributed by atoms with Gasteiger partial charge in [-0.3, -0.25) is 16.5 Å². The Kier molecular flexibility index (Phi) is 4.37. The van der Waals surface area contributed by atoms with Gasteiger partial charge >= 0.3 is 5.96 Å². The van der Waals surface area contributed by atoms with Gasteiger partial charge in [0.1, 0.15) is 0 Å². The minimum absolute atomic E-state index is 0.0730. The Hall–Kier alpha value is -1.91. The summed E-state index contributed by atoms with van der Waals surface area (Å²) in [5.41, 5.74) is 12.4. The van der Waals surface area contributed by atoms with Crippen LogP contribution in [0.3, 0.4) is 0 Å². The predicted octanol–water partition coefficient (Wildman–Crippen LogP) is -0.130. The molecule has 1 aromatic carbocycles. The number of rotatable bonds is 5. The van der Waals surface area contributed by atoms with Crippen molar-refractivity contribution >= 4 is 5.96 Å². The molecule has 1 aliphatic rings. The van der Waals surface area contributed by atoms with Crippen molar-refractivity contribution in [3.8, 4) is 11.5 Å². The maximum absolute atomic E-state index is 5.55. The molecule has 5 N–H and O–H groups in total. The van der Waals surface area contributed by atoms with Crippen molar-refractivity contribution in [3.05, 3.63) is 23.8 Å². The number of nitrogens with two attached hydrogens (primary N) is 2. The smallest absolute Gasteiger partial charge is 0.338 e. The highest BCUT2D eigenvalue weighted by Gasteiger charge is 2.36. The number of benzene rings is 1. The van der Waals surface area contributed by atoms with Crippen LogP contribution in [-0.2, 0) is 5.41 Å². The van der Waals surface area contributed by atoms with Crippen LogP contribution in [-0.4, -0.2) is 26.7 Å². The van der Waals surface area contributed by atoms with Crippen LogP contribution in [0.1, 0.15) is 31.2 Å². The molecule has 20 heavy (non-hydrogen) atoms. The SMILES string of the molecule is COc1ccc(C2(C[NH+]=C(N)N)CCCC2)cc1OC. The quantitative estimate of drug-likeness (QED) is 0.517. The largest absolute Gasteiger partial charge is 0.493 e. The highest BCUT2D eigenvalue weighted by atomic mass is 16.5. The van der Waals surface area contributed by atoms with E-state index >= 15 is 0 Å². The van der Waals surface area contributed by atoms with Crippen molar-refractivity contribution in [2.24, 2.45) is 11.5 Å². The highest BCUT2D eigenvalue weighted by Crippen LogP contribution is 2.42. The molecule has 2 rings (SSSR count). The van der Waals surface area contributed by atoms with Gasteiger partial charge in [-0.05, 0) is 30.5 Å². The minimum Gasteiger partial charge on any atom is -0.493 e. The van der Waals surface area contributed by atoms with Crippen LogP contribution in [0.2, 0.25) is 0 Å². The number of nitrogens with one attached hydrogen (secondary N) is 1. The van der Waals surface area contributed by atoms with Gasteiger partial charge in [-0.25, -0.2) is 0 Å². The van der Waals surface area contributed by atoms with E-state index in [9.17, 15) is 0 Å². The molecule has 0 atom stereocenters. The van der Waals surface area contributed by atoms with Crippen LogP contribution < -0.4 is 25.9 Å². The summed E-state index contributed by atoms with van der Waals surface area (Å²) in [6, 6.07) is 6.14. The average molecular weight is 278 g/mol. The molecule has 0 heterocycles. The molecule has 0 unspecified atom stereocenters. The zero-order valence-electron chi connectivity index (χ0n) is 12.2. The van der Waals surface area contributed by atoms with Gasteiger partial charge in [0.25, 0.3) is 0 Å². The van der Waals surface area contributed by atoms with Crippen molar-refractivity contribution in [2.75, 3.05) is 20.8 Å². The molecule has 5 heteroatoms. The Morgan fingerprint density at radius 3 is 2.35 bits per heavy atom. The first kappa shape index (κ1) is 14.5. The first-order valence-corrected chi connectivity index (χ1v) is 6.95. The van der Waals surface area contributed by atoms with Gasteiger partial charge in [-0.2, -0.15) is 0 Å². The van der Waals surface area contributed by atoms with Gasteiger partial charge in [-0.15, -0.1) is 0 Å². The first-order valence-electron chi connectivity index (χ1n) is 6.95. The van der Waals surface area contributed by atoms with E-state index in [0.29, 0.717) is 0 Å². The van der Waals surface area contributed by atoms with E-state index in [4.69, 9.17) is 20.9 Å². The molecule has 1 fully saturated rings. The molecular weight excluding hydrogens is 254 g/mol. The minimum atomic E-state index is 0.0730. The fourth-order valence-corrected chi connectivity index (χ4v) is 3.06. The normalized spacial score (nSPS) is 16.7. The van der Waals surface area contributed by atoms with Gasteiger partial charge in [0.05, 0.1) is 20.8 Å². The monoisotopic (exact) mass is 278 g/mol. The Morgan fingerprint density at radius 1 is 1.15 bits per heavy atom. The summed E-state index contributed by atoms with van der Waals surface area (Å²) < 4.78 is 10.7. The van der Waals surface area contributed by atoms with Crippen LogP contribution in [0, 0.1) is 0 Å². The number of hydrogen-bond acceptors (Lipinski definition) is 2. The fourth-order valence-electron chi connectivity index (χ4n) is 3.06. The van der Waals surface area contributed by atoms with Crippen LogP contribution in [0.25, 0.3) is 0 Å². The van der Waals surface area contributed by atoms with Gasteiger partial charge < -0.3 is 9.47 Å². The maximum Gasteiger partial charge on any atom is 0.338 e. The standard InChI is InChI=1S/C15H23N3O2/c1-19-12-6-5-11(9-13(12)20-2)15(7-3-4-8-15)10-18-14(16)17/h5-6,9H,3-4,7-8,10H2,1-2H3,(H4,16,17,18)/p+1. The molecule has 110 valence electrons. The van der Waals surface area contributed by atoms with Crippen molar-refractivity contribution in [1.29, 1.82) is 0 Å². The van der Waals surface area contributed by atoms with Gasteiger partial charge in [0.15, 0.2) is 11.5 Å². The Morgan fingerprint density at radius 2 is 1.80 bits per heavy atom. The maximum atomic E-state index is 5.55. The number of hydrogen-bond donors (Lipinski definition) is 3. The molecular formula is C15H24N3O2+. The van der Waals surface area contributed by atoms with Crippen LogP contribution in [0.15, 0.2) is 18.2 Å². The van der Waals surface area contributed by atoms with Crippen LogP contribution in [0.5, 0.6) is 11.5 Å². The second-order valence-corrected chi connectivity index (χ2v) is 5.37. The molecule has 5 nitrogen and oxygen atoms in total. The molecule has 0 bridgehead atoms. The lowest BCUT2D eigenvalue weighted by molar-refractivity contribution is -0.471. The van der Waals surface area contributed by atoms with E-state index < -0.39 is 0 Å². The van der Waals surface area contributed by atoms with Crippen molar-refractivity contribution in [3.63, 3.8) is 0 Å². The molecule has 1 saturated carbocycles. The van der Waals surface area contributed by atoms with Gasteiger partial charge in [0, 0.05) is 5.41 Å². The molecule has 0 amide bonds. The molecule has 0 radical (unpaired) electrons. The third kappa shape index (κ3) is 2.81. The molecule has 0 saturated heterocycles. The number of methoxy groups -OCH3 is 2. The topological polar surface area (TPSA) is 84.5 Å². The van der Waals surface area contributed by atoms with E-state index in [1.807, 2.05) is 6.07 Å². The third-order valence-corrected chi connectivity index (χ3v) is 4.19. The molecule has 1 aromatic rings. The van der Waals surface area contributed by atoms with E-state index in [1.54, 1.807) is 14.2 Å². The summed E-state index contributed by atoms with van der Waals surface area (Å²) in [5.74, 6) is 1.79. The molecule has 0 aromatic heterocycles. The Bertz CT molecular complexity index is 490. The van der Waals surface area contributed by atoms with Crippen molar-refractivity contribution in [1.82, 2.24) is 0 Å².